The molecule has 5 heteroatoms. The molecule has 0 saturated carbocycles. The number of amidine groups is 1. The Kier molecular flexibility index (Phi) is 6.14. The lowest BCUT2D eigenvalue weighted by Crippen LogP contribution is -2.55. The third-order valence-electron chi connectivity index (χ3n) is 10.1. The van der Waals surface area contributed by atoms with Crippen LogP contribution >= 0.6 is 0 Å². The number of para-hydroxylation sites is 2. The molecule has 0 spiro atoms. The highest BCUT2D eigenvalue weighted by Gasteiger charge is 2.31. The lowest BCUT2D eigenvalue weighted by Gasteiger charge is -2.36. The van der Waals surface area contributed by atoms with Gasteiger partial charge in [-0.1, -0.05) is 127 Å². The molecule has 8 aromatic rings. The Morgan fingerprint density at radius 1 is 0.604 bits per heavy atom. The van der Waals surface area contributed by atoms with E-state index in [1.54, 1.807) is 0 Å². The zero-order valence-electron chi connectivity index (χ0n) is 26.3. The summed E-state index contributed by atoms with van der Waals surface area (Å²) in [5, 5.41) is 15.1. The molecule has 2 aliphatic rings. The zero-order valence-corrected chi connectivity index (χ0v) is 26.3. The third-order valence-corrected chi connectivity index (χ3v) is 10.1. The second-order valence-electron chi connectivity index (χ2n) is 12.8. The molecule has 0 amide bonds. The normalized spacial score (nSPS) is 19.4. The van der Waals surface area contributed by atoms with Gasteiger partial charge in [0, 0.05) is 44.1 Å². The molecule has 1 aliphatic carbocycles. The molecule has 0 radical (unpaired) electrons. The summed E-state index contributed by atoms with van der Waals surface area (Å²) >= 11 is 0. The number of aromatic nitrogens is 2. The summed E-state index contributed by atoms with van der Waals surface area (Å²) in [6, 6.07) is 48.1. The van der Waals surface area contributed by atoms with Gasteiger partial charge in [-0.15, -0.1) is 0 Å². The van der Waals surface area contributed by atoms with E-state index < -0.39 is 0 Å². The van der Waals surface area contributed by atoms with Crippen LogP contribution in [0.25, 0.3) is 60.1 Å². The van der Waals surface area contributed by atoms with Crippen molar-refractivity contribution in [1.29, 1.82) is 0 Å². The monoisotopic (exact) mass is 619 g/mol. The van der Waals surface area contributed by atoms with E-state index in [1.807, 2.05) is 0 Å². The number of hydrogen-bond donors (Lipinski definition) is 2. The van der Waals surface area contributed by atoms with E-state index in [4.69, 9.17) is 4.99 Å². The fraction of sp³-hybridized carbons (Fsp3) is 0.0930. The lowest BCUT2D eigenvalue weighted by atomic mass is 9.96. The van der Waals surface area contributed by atoms with E-state index >= 15 is 0 Å². The number of nitrogens with one attached hydrogen (secondary N) is 2. The van der Waals surface area contributed by atoms with Crippen LogP contribution in [0.5, 0.6) is 0 Å². The summed E-state index contributed by atoms with van der Waals surface area (Å²) in [5.41, 5.74) is 6.97. The molecular weight excluding hydrogens is 587 g/mol. The van der Waals surface area contributed by atoms with Crippen LogP contribution in [0, 0.1) is 5.92 Å². The lowest BCUT2D eigenvalue weighted by molar-refractivity contribution is 0.286. The van der Waals surface area contributed by atoms with Crippen LogP contribution in [0.4, 0.5) is 0 Å². The molecule has 1 aliphatic heterocycles. The van der Waals surface area contributed by atoms with Crippen molar-refractivity contribution in [2.24, 2.45) is 10.9 Å². The van der Waals surface area contributed by atoms with Crippen molar-refractivity contribution in [3.05, 3.63) is 163 Å². The third kappa shape index (κ3) is 4.18. The first-order chi connectivity index (χ1) is 23.8. The Morgan fingerprint density at radius 2 is 1.35 bits per heavy atom. The fourth-order valence-corrected chi connectivity index (χ4v) is 7.89. The maximum absolute atomic E-state index is 5.39. The van der Waals surface area contributed by atoms with Crippen LogP contribution in [0.3, 0.4) is 0 Å². The van der Waals surface area contributed by atoms with Gasteiger partial charge < -0.3 is 14.5 Å². The van der Waals surface area contributed by atoms with Gasteiger partial charge in [0.1, 0.15) is 5.84 Å². The van der Waals surface area contributed by atoms with E-state index in [0.717, 1.165) is 34.5 Å². The van der Waals surface area contributed by atoms with E-state index in [2.05, 4.69) is 178 Å². The molecule has 0 fully saturated rings. The quantitative estimate of drug-likeness (QED) is 0.206. The number of rotatable bonds is 4. The maximum Gasteiger partial charge on any atom is 0.184 e. The minimum absolute atomic E-state index is 0.00554. The summed E-state index contributed by atoms with van der Waals surface area (Å²) in [6.45, 7) is 0. The summed E-state index contributed by atoms with van der Waals surface area (Å²) in [5.74, 6) is 1.20. The van der Waals surface area contributed by atoms with Crippen molar-refractivity contribution >= 4 is 60.2 Å². The molecule has 5 nitrogen and oxygen atoms in total. The van der Waals surface area contributed by atoms with Crippen molar-refractivity contribution in [2.75, 3.05) is 0 Å². The topological polar surface area (TPSA) is 46.3 Å². The average molecular weight is 620 g/mol. The Morgan fingerprint density at radius 3 is 2.19 bits per heavy atom. The molecule has 230 valence electrons. The van der Waals surface area contributed by atoms with Crippen molar-refractivity contribution in [2.45, 2.75) is 18.9 Å². The highest BCUT2D eigenvalue weighted by atomic mass is 15.4. The number of nitrogens with zero attached hydrogens (tertiary/aromatic N) is 3. The van der Waals surface area contributed by atoms with Gasteiger partial charge in [-0.25, -0.2) is 4.99 Å². The standard InChI is InChI=1S/C43H33N5/c1-4-15-29(16-5-1)41-44-42(30-17-6-2-7-18-30)46-43(45-41)48-37-23-13-12-22-33(37)35-26-36-34-25-24-28-14-10-11-21-32(28)40(34)47(38(36)27-39(35)48)31-19-8-3-9-20-31/h1-17,19-27,30,42-43,46H,18H2,(H,44,45). The molecule has 2 N–H and O–H groups in total. The predicted molar refractivity (Wildman–Crippen MR) is 200 cm³/mol. The molecule has 3 atom stereocenters. The van der Waals surface area contributed by atoms with Crippen molar-refractivity contribution in [3.8, 4) is 5.69 Å². The number of aliphatic imine (C=N–C) groups is 1. The summed E-state index contributed by atoms with van der Waals surface area (Å²) < 4.78 is 4.86. The van der Waals surface area contributed by atoms with Gasteiger partial charge in [-0.2, -0.15) is 0 Å². The van der Waals surface area contributed by atoms with E-state index in [1.165, 1.54) is 43.4 Å². The first-order valence-corrected chi connectivity index (χ1v) is 16.7. The zero-order chi connectivity index (χ0) is 31.6. The number of allylic oxidation sites excluding steroid dienone is 3. The average Bonchev–Trinajstić information content (AvgIpc) is 3.67. The number of fused-ring (bicyclic) bond motifs is 8. The van der Waals surface area contributed by atoms with Gasteiger partial charge in [-0.05, 0) is 42.1 Å². The van der Waals surface area contributed by atoms with Gasteiger partial charge >= 0.3 is 0 Å². The Hall–Kier alpha value is -5.91. The van der Waals surface area contributed by atoms with Gasteiger partial charge in [-0.3, -0.25) is 5.32 Å². The SMILES string of the molecule is C1=CCC(C2NC(c3ccccc3)=NC(n3c4ccccc4c4cc5c6ccc7ccccc7c6n(-c6ccccc6)c5cc43)N2)C=C1. The molecule has 3 heterocycles. The van der Waals surface area contributed by atoms with Gasteiger partial charge in [0.2, 0.25) is 0 Å². The van der Waals surface area contributed by atoms with Crippen LogP contribution in [-0.2, 0) is 0 Å². The van der Waals surface area contributed by atoms with E-state index in [-0.39, 0.29) is 12.5 Å². The molecule has 6 aromatic carbocycles. The van der Waals surface area contributed by atoms with Gasteiger partial charge in [0.25, 0.3) is 0 Å². The first-order valence-electron chi connectivity index (χ1n) is 16.7. The van der Waals surface area contributed by atoms with E-state index in [0.29, 0.717) is 5.92 Å². The molecule has 3 unspecified atom stereocenters. The summed E-state index contributed by atoms with van der Waals surface area (Å²) in [4.78, 5) is 5.39. The smallest absolute Gasteiger partial charge is 0.184 e. The maximum atomic E-state index is 5.39. The highest BCUT2D eigenvalue weighted by Crippen LogP contribution is 2.41. The fourth-order valence-electron chi connectivity index (χ4n) is 7.89. The molecule has 48 heavy (non-hydrogen) atoms. The summed E-state index contributed by atoms with van der Waals surface area (Å²) in [7, 11) is 0. The van der Waals surface area contributed by atoms with Crippen LogP contribution in [0.1, 0.15) is 18.3 Å². The van der Waals surface area contributed by atoms with Crippen molar-refractivity contribution in [1.82, 2.24) is 19.8 Å². The van der Waals surface area contributed by atoms with Crippen LogP contribution in [-0.4, -0.2) is 21.1 Å². The van der Waals surface area contributed by atoms with Crippen molar-refractivity contribution in [3.63, 3.8) is 0 Å². The molecule has 0 bridgehead atoms. The summed E-state index contributed by atoms with van der Waals surface area (Å²) in [6.07, 6.45) is 9.50. The van der Waals surface area contributed by atoms with Gasteiger partial charge in [0.05, 0.1) is 28.2 Å². The Labute approximate surface area is 278 Å². The first kappa shape index (κ1) is 27.2. The Bertz CT molecular complexity index is 2610. The second-order valence-corrected chi connectivity index (χ2v) is 12.8. The van der Waals surface area contributed by atoms with Crippen molar-refractivity contribution < 1.29 is 0 Å². The number of hydrogen-bond acceptors (Lipinski definition) is 3. The van der Waals surface area contributed by atoms with Gasteiger partial charge in [0.15, 0.2) is 6.29 Å². The largest absolute Gasteiger partial charge is 0.354 e. The van der Waals surface area contributed by atoms with E-state index in [9.17, 15) is 0 Å². The Balaban J connectivity index is 1.28. The minimum atomic E-state index is -0.319. The van der Waals surface area contributed by atoms with Crippen LogP contribution in [0.2, 0.25) is 0 Å². The minimum Gasteiger partial charge on any atom is -0.354 e. The molecule has 0 saturated heterocycles. The van der Waals surface area contributed by atoms with Crippen LogP contribution < -0.4 is 10.6 Å². The second kappa shape index (κ2) is 10.8. The number of benzene rings is 6. The highest BCUT2D eigenvalue weighted by molar-refractivity contribution is 6.23. The van der Waals surface area contributed by atoms with Crippen LogP contribution in [0.15, 0.2) is 163 Å². The molecule has 2 aromatic heterocycles. The molecular formula is C43H33N5. The predicted octanol–water partition coefficient (Wildman–Crippen LogP) is 9.60. The molecule has 10 rings (SSSR count).